The number of carbonyl (C=O) groups is 3. The number of amides is 1. The fraction of sp³-hybridized carbons (Fsp3) is 0.350. The molecule has 0 spiro atoms. The van der Waals surface area contributed by atoms with Crippen molar-refractivity contribution < 1.29 is 28.6 Å². The van der Waals surface area contributed by atoms with Gasteiger partial charge in [0.15, 0.2) is 0 Å². The Morgan fingerprint density at radius 2 is 1.93 bits per heavy atom. The Morgan fingerprint density at radius 1 is 1.14 bits per heavy atom. The molecule has 8 heteroatoms. The number of hydrogen-bond donors (Lipinski definition) is 0. The zero-order valence-corrected chi connectivity index (χ0v) is 16.7. The monoisotopic (exact) mass is 405 g/mol. The molecular weight excluding hydrogens is 382 g/mol. The summed E-state index contributed by atoms with van der Waals surface area (Å²) in [5.41, 5.74) is 0.770. The van der Waals surface area contributed by atoms with Gasteiger partial charge < -0.3 is 19.1 Å². The molecule has 0 aromatic heterocycles. The van der Waals surface area contributed by atoms with E-state index in [4.69, 9.17) is 14.2 Å². The average molecular weight is 405 g/mol. The fourth-order valence-electron chi connectivity index (χ4n) is 2.40. The number of carbonyl (C=O) groups excluding carboxylic acids is 3. The van der Waals surface area contributed by atoms with Crippen LogP contribution in [0.5, 0.6) is 5.75 Å². The number of thioether (sulfide) groups is 1. The summed E-state index contributed by atoms with van der Waals surface area (Å²) in [6.45, 7) is 4.57. The van der Waals surface area contributed by atoms with Gasteiger partial charge in [-0.1, -0.05) is 30.0 Å². The van der Waals surface area contributed by atoms with E-state index < -0.39 is 11.9 Å². The molecule has 0 N–H and O–H groups in total. The predicted octanol–water partition coefficient (Wildman–Crippen LogP) is 2.62. The minimum Gasteiger partial charge on any atom is -0.493 e. The molecule has 0 atom stereocenters. The van der Waals surface area contributed by atoms with E-state index >= 15 is 0 Å². The Morgan fingerprint density at radius 3 is 2.68 bits per heavy atom. The largest absolute Gasteiger partial charge is 0.493 e. The molecule has 7 nitrogen and oxygen atoms in total. The molecule has 0 aliphatic carbocycles. The Labute approximate surface area is 168 Å². The normalized spacial score (nSPS) is 15.3. The summed E-state index contributed by atoms with van der Waals surface area (Å²) < 4.78 is 15.5. The van der Waals surface area contributed by atoms with Crippen molar-refractivity contribution in [3.8, 4) is 5.75 Å². The van der Waals surface area contributed by atoms with E-state index in [9.17, 15) is 14.4 Å². The topological polar surface area (TPSA) is 82.1 Å². The van der Waals surface area contributed by atoms with E-state index in [-0.39, 0.29) is 31.4 Å². The highest BCUT2D eigenvalue weighted by Crippen LogP contribution is 2.28. The minimum atomic E-state index is -0.526. The lowest BCUT2D eigenvalue weighted by molar-refractivity contribution is -0.140. The first-order valence-corrected chi connectivity index (χ1v) is 9.92. The van der Waals surface area contributed by atoms with E-state index in [1.54, 1.807) is 13.0 Å². The molecule has 1 fully saturated rings. The van der Waals surface area contributed by atoms with E-state index in [0.717, 1.165) is 5.56 Å². The first-order chi connectivity index (χ1) is 13.5. The number of hydrogen-bond acceptors (Lipinski definition) is 7. The van der Waals surface area contributed by atoms with Crippen LogP contribution in [0.1, 0.15) is 19.4 Å². The van der Waals surface area contributed by atoms with Gasteiger partial charge in [0, 0.05) is 11.6 Å². The van der Waals surface area contributed by atoms with E-state index in [1.807, 2.05) is 31.2 Å². The standard InChI is InChI=1S/C20H23NO6S/c1-3-25-16-8-6-5-7-15(16)9-10-19(23)27-12-11-21-17(22)14-28-18(21)13-20(24)26-4-2/h5-10,13H,3-4,11-12,14H2,1-2H3/b10-9+,18-13-. The predicted molar refractivity (Wildman–Crippen MR) is 106 cm³/mol. The minimum absolute atomic E-state index is 0.0166. The Bertz CT molecular complexity index is 774. The molecule has 0 saturated carbocycles. The fourth-order valence-corrected chi connectivity index (χ4v) is 3.36. The van der Waals surface area contributed by atoms with Crippen molar-refractivity contribution >= 4 is 35.7 Å². The second-order valence-corrected chi connectivity index (χ2v) is 6.54. The van der Waals surface area contributed by atoms with E-state index in [1.165, 1.54) is 28.8 Å². The molecule has 150 valence electrons. The van der Waals surface area contributed by atoms with Gasteiger partial charge in [0.1, 0.15) is 12.4 Å². The van der Waals surface area contributed by atoms with Crippen LogP contribution in [0.2, 0.25) is 0 Å². The van der Waals surface area contributed by atoms with Crippen LogP contribution in [0.25, 0.3) is 6.08 Å². The summed E-state index contributed by atoms with van der Waals surface area (Å²) in [6, 6.07) is 7.36. The lowest BCUT2D eigenvalue weighted by atomic mass is 10.2. The second-order valence-electron chi connectivity index (χ2n) is 5.54. The van der Waals surface area contributed by atoms with Crippen molar-refractivity contribution in [1.29, 1.82) is 0 Å². The molecular formula is C20H23NO6S. The zero-order valence-electron chi connectivity index (χ0n) is 15.9. The van der Waals surface area contributed by atoms with Crippen molar-refractivity contribution in [2.75, 3.05) is 32.1 Å². The summed E-state index contributed by atoms with van der Waals surface area (Å²) >= 11 is 1.25. The van der Waals surface area contributed by atoms with Crippen LogP contribution in [-0.4, -0.2) is 54.9 Å². The average Bonchev–Trinajstić information content (AvgIpc) is 3.01. The maximum absolute atomic E-state index is 12.0. The van der Waals surface area contributed by atoms with Crippen LogP contribution in [0.4, 0.5) is 0 Å². The maximum atomic E-state index is 12.0. The number of esters is 2. The molecule has 2 rings (SSSR count). The Hall–Kier alpha value is -2.74. The van der Waals surface area contributed by atoms with E-state index in [0.29, 0.717) is 17.4 Å². The molecule has 1 aromatic rings. The molecule has 1 heterocycles. The Balaban J connectivity index is 1.87. The molecule has 1 aromatic carbocycles. The summed E-state index contributed by atoms with van der Waals surface area (Å²) in [4.78, 5) is 36.9. The first kappa shape index (κ1) is 21.6. The van der Waals surface area contributed by atoms with Gasteiger partial charge in [-0.25, -0.2) is 9.59 Å². The number of ether oxygens (including phenoxy) is 3. The summed E-state index contributed by atoms with van der Waals surface area (Å²) in [5.74, 6) is -0.243. The summed E-state index contributed by atoms with van der Waals surface area (Å²) in [7, 11) is 0. The number of benzene rings is 1. The van der Waals surface area contributed by atoms with Gasteiger partial charge in [-0.3, -0.25) is 4.79 Å². The van der Waals surface area contributed by atoms with Crippen molar-refractivity contribution in [2.24, 2.45) is 0 Å². The van der Waals surface area contributed by atoms with Gasteiger partial charge in [-0.2, -0.15) is 0 Å². The highest BCUT2D eigenvalue weighted by Gasteiger charge is 2.27. The third-order valence-electron chi connectivity index (χ3n) is 3.62. The number of nitrogens with zero attached hydrogens (tertiary/aromatic N) is 1. The van der Waals surface area contributed by atoms with Crippen molar-refractivity contribution in [2.45, 2.75) is 13.8 Å². The van der Waals surface area contributed by atoms with Gasteiger partial charge >= 0.3 is 11.9 Å². The SMILES string of the molecule is CCOC(=O)/C=C1\SCC(=O)N1CCOC(=O)/C=C/c1ccccc1OCC. The zero-order chi connectivity index (χ0) is 20.4. The summed E-state index contributed by atoms with van der Waals surface area (Å²) in [6.07, 6.45) is 4.22. The van der Waals surface area contributed by atoms with Crippen LogP contribution in [0, 0.1) is 0 Å². The van der Waals surface area contributed by atoms with Crippen molar-refractivity contribution in [3.63, 3.8) is 0 Å². The lowest BCUT2D eigenvalue weighted by Crippen LogP contribution is -2.29. The molecule has 0 unspecified atom stereocenters. The maximum Gasteiger partial charge on any atom is 0.333 e. The Kier molecular flexibility index (Phi) is 8.61. The molecule has 28 heavy (non-hydrogen) atoms. The van der Waals surface area contributed by atoms with Gasteiger partial charge in [0.25, 0.3) is 0 Å². The van der Waals surface area contributed by atoms with Crippen LogP contribution in [-0.2, 0) is 23.9 Å². The quantitative estimate of drug-likeness (QED) is 0.461. The molecule has 1 amide bonds. The van der Waals surface area contributed by atoms with Gasteiger partial charge in [-0.05, 0) is 26.0 Å². The number of rotatable bonds is 9. The molecule has 0 bridgehead atoms. The van der Waals surface area contributed by atoms with Crippen molar-refractivity contribution in [1.82, 2.24) is 4.90 Å². The van der Waals surface area contributed by atoms with Gasteiger partial charge in [-0.15, -0.1) is 0 Å². The van der Waals surface area contributed by atoms with Crippen LogP contribution >= 0.6 is 11.8 Å². The third-order valence-corrected chi connectivity index (χ3v) is 4.64. The van der Waals surface area contributed by atoms with Crippen molar-refractivity contribution in [3.05, 3.63) is 47.0 Å². The molecule has 1 aliphatic rings. The third kappa shape index (κ3) is 6.45. The van der Waals surface area contributed by atoms with Gasteiger partial charge in [0.2, 0.25) is 5.91 Å². The first-order valence-electron chi connectivity index (χ1n) is 8.93. The smallest absolute Gasteiger partial charge is 0.333 e. The lowest BCUT2D eigenvalue weighted by Gasteiger charge is -2.16. The van der Waals surface area contributed by atoms with Crippen LogP contribution in [0.15, 0.2) is 41.4 Å². The van der Waals surface area contributed by atoms with Crippen LogP contribution in [0.3, 0.4) is 0 Å². The molecule has 1 aliphatic heterocycles. The van der Waals surface area contributed by atoms with Crippen LogP contribution < -0.4 is 4.74 Å². The highest BCUT2D eigenvalue weighted by atomic mass is 32.2. The molecule has 0 radical (unpaired) electrons. The summed E-state index contributed by atoms with van der Waals surface area (Å²) in [5, 5.41) is 0.501. The number of para-hydroxylation sites is 1. The van der Waals surface area contributed by atoms with E-state index in [2.05, 4.69) is 0 Å². The van der Waals surface area contributed by atoms with Gasteiger partial charge in [0.05, 0.1) is 36.6 Å². The second kappa shape index (κ2) is 11.2. The highest BCUT2D eigenvalue weighted by molar-refractivity contribution is 8.04. The molecule has 1 saturated heterocycles.